The van der Waals surface area contributed by atoms with Crippen molar-refractivity contribution in [2.45, 2.75) is 44.6 Å². The summed E-state index contributed by atoms with van der Waals surface area (Å²) in [5, 5.41) is 12.1. The number of nitrogens with one attached hydrogen (secondary N) is 1. The van der Waals surface area contributed by atoms with Crippen LogP contribution in [0.15, 0.2) is 22.5 Å². The van der Waals surface area contributed by atoms with E-state index in [1.54, 1.807) is 23.9 Å². The summed E-state index contributed by atoms with van der Waals surface area (Å²) in [4.78, 5) is 12.4. The highest BCUT2D eigenvalue weighted by molar-refractivity contribution is 8.01. The Morgan fingerprint density at radius 1 is 1.40 bits per heavy atom. The number of benzene rings is 1. The zero-order chi connectivity index (χ0) is 18.4. The summed E-state index contributed by atoms with van der Waals surface area (Å²) in [5.41, 5.74) is 0.908. The molecule has 0 aliphatic rings. The van der Waals surface area contributed by atoms with Crippen molar-refractivity contribution in [1.29, 1.82) is 0 Å². The Hall–Kier alpha value is -1.31. The number of amides is 1. The second kappa shape index (κ2) is 9.40. The first-order chi connectivity index (χ1) is 11.9. The molecule has 0 fully saturated rings. The van der Waals surface area contributed by atoms with Crippen molar-refractivity contribution < 1.29 is 9.53 Å². The molecule has 0 spiro atoms. The number of aromatic nitrogens is 2. The maximum atomic E-state index is 12.4. The number of rotatable bonds is 8. The van der Waals surface area contributed by atoms with Gasteiger partial charge in [0.25, 0.3) is 5.91 Å². The summed E-state index contributed by atoms with van der Waals surface area (Å²) in [6, 6.07) is 5.35. The molecule has 2 rings (SSSR count). The second-order valence-electron chi connectivity index (χ2n) is 5.99. The molecular weight excluding hydrogens is 378 g/mol. The van der Waals surface area contributed by atoms with E-state index >= 15 is 0 Å². The van der Waals surface area contributed by atoms with Gasteiger partial charge in [0.1, 0.15) is 5.75 Å². The fourth-order valence-corrected chi connectivity index (χ4v) is 3.77. The van der Waals surface area contributed by atoms with E-state index in [-0.39, 0.29) is 5.91 Å². The molecule has 0 aliphatic heterocycles. The van der Waals surface area contributed by atoms with Crippen LogP contribution in [-0.2, 0) is 4.79 Å². The fraction of sp³-hybridized carbons (Fsp3) is 0.471. The van der Waals surface area contributed by atoms with Gasteiger partial charge >= 0.3 is 0 Å². The average Bonchev–Trinajstić information content (AvgIpc) is 3.01. The topological polar surface area (TPSA) is 64.1 Å². The molecule has 8 heteroatoms. The first kappa shape index (κ1) is 20.0. The lowest BCUT2D eigenvalue weighted by Gasteiger charge is -2.16. The smallest absolute Gasteiger partial charge is 0.267 e. The predicted molar refractivity (Wildman–Crippen MR) is 105 cm³/mol. The van der Waals surface area contributed by atoms with Crippen LogP contribution in [0.4, 0.5) is 5.13 Å². The van der Waals surface area contributed by atoms with Gasteiger partial charge in [0, 0.05) is 10.8 Å². The third kappa shape index (κ3) is 6.17. The number of aryl methyl sites for hydroxylation is 1. The number of hydrogen-bond acceptors (Lipinski definition) is 6. The van der Waals surface area contributed by atoms with E-state index in [1.807, 2.05) is 19.9 Å². The Labute approximate surface area is 161 Å². The van der Waals surface area contributed by atoms with Gasteiger partial charge in [-0.15, -0.1) is 10.2 Å². The predicted octanol–water partition coefficient (Wildman–Crippen LogP) is 5.04. The number of thioether (sulfide) groups is 1. The van der Waals surface area contributed by atoms with Gasteiger partial charge in [0.2, 0.25) is 5.13 Å². The van der Waals surface area contributed by atoms with Gasteiger partial charge in [-0.25, -0.2) is 0 Å². The van der Waals surface area contributed by atoms with Crippen LogP contribution >= 0.6 is 34.7 Å². The standard InChI is InChI=1S/C17H22ClN3O2S2/c1-5-14(23-12-6-7-13(18)11(4)8-12)15(22)19-16-20-21-17(25-16)24-9-10(2)3/h6-8,10,14H,5,9H2,1-4H3,(H,19,20,22)/t14-/m1/s1. The molecule has 1 aromatic carbocycles. The molecular formula is C17H22ClN3O2S2. The lowest BCUT2D eigenvalue weighted by atomic mass is 10.2. The molecule has 1 N–H and O–H groups in total. The minimum Gasteiger partial charge on any atom is -0.481 e. The Balaban J connectivity index is 1.96. The molecule has 0 saturated heterocycles. The number of carbonyl (C=O) groups is 1. The monoisotopic (exact) mass is 399 g/mol. The average molecular weight is 400 g/mol. The molecule has 0 aliphatic carbocycles. The van der Waals surface area contributed by atoms with Crippen LogP contribution in [0.1, 0.15) is 32.8 Å². The van der Waals surface area contributed by atoms with Crippen LogP contribution < -0.4 is 10.1 Å². The molecule has 0 radical (unpaired) electrons. The van der Waals surface area contributed by atoms with E-state index < -0.39 is 6.10 Å². The van der Waals surface area contributed by atoms with Crippen molar-refractivity contribution in [2.24, 2.45) is 5.92 Å². The molecule has 1 aromatic heterocycles. The number of ether oxygens (including phenoxy) is 1. The summed E-state index contributed by atoms with van der Waals surface area (Å²) < 4.78 is 6.65. The third-order valence-electron chi connectivity index (χ3n) is 3.25. The first-order valence-electron chi connectivity index (χ1n) is 8.09. The van der Waals surface area contributed by atoms with E-state index in [1.165, 1.54) is 11.3 Å². The van der Waals surface area contributed by atoms with E-state index in [4.69, 9.17) is 16.3 Å². The Morgan fingerprint density at radius 2 is 2.16 bits per heavy atom. The highest BCUT2D eigenvalue weighted by Crippen LogP contribution is 2.27. The Morgan fingerprint density at radius 3 is 2.80 bits per heavy atom. The van der Waals surface area contributed by atoms with Gasteiger partial charge in [0.15, 0.2) is 10.4 Å². The highest BCUT2D eigenvalue weighted by atomic mass is 35.5. The highest BCUT2D eigenvalue weighted by Gasteiger charge is 2.20. The summed E-state index contributed by atoms with van der Waals surface area (Å²) in [6.07, 6.45) is -0.0578. The van der Waals surface area contributed by atoms with Crippen LogP contribution in [0.5, 0.6) is 5.75 Å². The molecule has 1 atom stereocenters. The van der Waals surface area contributed by atoms with Crippen molar-refractivity contribution in [1.82, 2.24) is 10.2 Å². The van der Waals surface area contributed by atoms with Gasteiger partial charge in [-0.3, -0.25) is 10.1 Å². The summed E-state index contributed by atoms with van der Waals surface area (Å²) in [5.74, 6) is 1.94. The van der Waals surface area contributed by atoms with Gasteiger partial charge < -0.3 is 4.74 Å². The van der Waals surface area contributed by atoms with Crippen LogP contribution in [0, 0.1) is 12.8 Å². The van der Waals surface area contributed by atoms with Crippen LogP contribution in [-0.4, -0.2) is 28.0 Å². The van der Waals surface area contributed by atoms with E-state index in [2.05, 4.69) is 29.4 Å². The first-order valence-corrected chi connectivity index (χ1v) is 10.3. The van der Waals surface area contributed by atoms with Gasteiger partial charge in [-0.1, -0.05) is 55.5 Å². The molecule has 0 unspecified atom stereocenters. The lowest BCUT2D eigenvalue weighted by molar-refractivity contribution is -0.122. The normalized spacial score (nSPS) is 12.2. The summed E-state index contributed by atoms with van der Waals surface area (Å²) >= 11 is 9.04. The molecule has 136 valence electrons. The molecule has 1 heterocycles. The number of anilines is 1. The van der Waals surface area contributed by atoms with Crippen LogP contribution in [0.25, 0.3) is 0 Å². The Kier molecular flexibility index (Phi) is 7.53. The number of nitrogens with zero attached hydrogens (tertiary/aromatic N) is 2. The van der Waals surface area contributed by atoms with Gasteiger partial charge in [-0.05, 0) is 43.0 Å². The van der Waals surface area contributed by atoms with Gasteiger partial charge in [0.05, 0.1) is 0 Å². The van der Waals surface area contributed by atoms with E-state index in [0.717, 1.165) is 15.7 Å². The summed E-state index contributed by atoms with van der Waals surface area (Å²) in [7, 11) is 0. The van der Waals surface area contributed by atoms with E-state index in [0.29, 0.717) is 28.2 Å². The minimum absolute atomic E-state index is 0.230. The van der Waals surface area contributed by atoms with Gasteiger partial charge in [-0.2, -0.15) is 0 Å². The molecule has 1 amide bonds. The minimum atomic E-state index is -0.601. The summed E-state index contributed by atoms with van der Waals surface area (Å²) in [6.45, 7) is 8.10. The number of hydrogen-bond donors (Lipinski definition) is 1. The fourth-order valence-electron chi connectivity index (χ4n) is 1.92. The Bertz CT molecular complexity index is 722. The molecule has 0 bridgehead atoms. The van der Waals surface area contributed by atoms with Crippen molar-refractivity contribution in [3.05, 3.63) is 28.8 Å². The van der Waals surface area contributed by atoms with Crippen molar-refractivity contribution in [2.75, 3.05) is 11.1 Å². The number of carbonyl (C=O) groups excluding carboxylic acids is 1. The molecule has 25 heavy (non-hydrogen) atoms. The molecule has 0 saturated carbocycles. The van der Waals surface area contributed by atoms with Crippen LogP contribution in [0.2, 0.25) is 5.02 Å². The quantitative estimate of drug-likeness (QED) is 0.497. The largest absolute Gasteiger partial charge is 0.481 e. The maximum absolute atomic E-state index is 12.4. The maximum Gasteiger partial charge on any atom is 0.267 e. The van der Waals surface area contributed by atoms with Crippen molar-refractivity contribution in [3.63, 3.8) is 0 Å². The van der Waals surface area contributed by atoms with Crippen molar-refractivity contribution in [3.8, 4) is 5.75 Å². The molecule has 2 aromatic rings. The van der Waals surface area contributed by atoms with Crippen LogP contribution in [0.3, 0.4) is 0 Å². The van der Waals surface area contributed by atoms with E-state index in [9.17, 15) is 4.79 Å². The SMILES string of the molecule is CC[C@@H](Oc1ccc(Cl)c(C)c1)C(=O)Nc1nnc(SCC(C)C)s1. The molecule has 5 nitrogen and oxygen atoms in total. The number of halogens is 1. The third-order valence-corrected chi connectivity index (χ3v) is 6.07. The lowest BCUT2D eigenvalue weighted by Crippen LogP contribution is -2.32. The van der Waals surface area contributed by atoms with Crippen molar-refractivity contribution >= 4 is 45.7 Å². The zero-order valence-corrected chi connectivity index (χ0v) is 17.1. The second-order valence-corrected chi connectivity index (χ2v) is 8.64. The zero-order valence-electron chi connectivity index (χ0n) is 14.7.